The second kappa shape index (κ2) is 5.61. The Bertz CT molecular complexity index is 300. The number of rotatable bonds is 3. The van der Waals surface area contributed by atoms with Gasteiger partial charge in [-0.05, 0) is 6.92 Å². The lowest BCUT2D eigenvalue weighted by Gasteiger charge is -2.32. The first-order chi connectivity index (χ1) is 7.16. The predicted octanol–water partition coefficient (Wildman–Crippen LogP) is -0.410. The summed E-state index contributed by atoms with van der Waals surface area (Å²) in [5, 5.41) is 11.0. The van der Waals surface area contributed by atoms with E-state index in [-0.39, 0.29) is 17.6 Å². The van der Waals surface area contributed by atoms with Crippen LogP contribution in [-0.2, 0) is 9.59 Å². The lowest BCUT2D eigenvalue weighted by molar-refractivity contribution is -0.140. The Hall–Kier alpha value is -1.22. The molecule has 1 atom stereocenters. The number of carbonyl (C=O) groups is 2. The molecule has 0 spiro atoms. The van der Waals surface area contributed by atoms with Crippen molar-refractivity contribution in [2.24, 2.45) is 0 Å². The van der Waals surface area contributed by atoms with Crippen LogP contribution in [0, 0.1) is 11.3 Å². The number of nitrogens with zero attached hydrogens (tertiary/aromatic N) is 2. The molecule has 0 aromatic rings. The molecule has 2 amide bonds. The smallest absolute Gasteiger partial charge is 0.242 e. The average molecular weight is 227 g/mol. The fraction of sp³-hybridized carbons (Fsp3) is 0.667. The van der Waals surface area contributed by atoms with Crippen LogP contribution in [0.1, 0.15) is 6.92 Å². The number of piperazine rings is 1. The summed E-state index contributed by atoms with van der Waals surface area (Å²) >= 11 is 1.27. The Morgan fingerprint density at radius 2 is 2.53 bits per heavy atom. The van der Waals surface area contributed by atoms with Crippen molar-refractivity contribution in [1.82, 2.24) is 10.2 Å². The van der Waals surface area contributed by atoms with Gasteiger partial charge in [-0.3, -0.25) is 9.59 Å². The molecule has 1 fully saturated rings. The van der Waals surface area contributed by atoms with E-state index in [2.05, 4.69) is 5.32 Å². The fourth-order valence-electron chi connectivity index (χ4n) is 1.39. The zero-order valence-corrected chi connectivity index (χ0v) is 9.34. The number of hydrogen-bond donors (Lipinski definition) is 1. The van der Waals surface area contributed by atoms with Gasteiger partial charge in [0.15, 0.2) is 0 Å². The van der Waals surface area contributed by atoms with Crippen LogP contribution >= 0.6 is 11.8 Å². The van der Waals surface area contributed by atoms with E-state index in [1.165, 1.54) is 11.8 Å². The van der Waals surface area contributed by atoms with Gasteiger partial charge in [0, 0.05) is 13.1 Å². The van der Waals surface area contributed by atoms with Gasteiger partial charge >= 0.3 is 0 Å². The first-order valence-electron chi connectivity index (χ1n) is 4.68. The second-order valence-corrected chi connectivity index (χ2v) is 4.19. The van der Waals surface area contributed by atoms with E-state index in [0.29, 0.717) is 18.8 Å². The maximum atomic E-state index is 11.6. The number of carbonyl (C=O) groups excluding carboxylic acids is 2. The summed E-state index contributed by atoms with van der Waals surface area (Å²) in [7, 11) is 0. The Morgan fingerprint density at radius 3 is 3.20 bits per heavy atom. The monoisotopic (exact) mass is 227 g/mol. The van der Waals surface area contributed by atoms with Crippen molar-refractivity contribution in [3.8, 4) is 6.07 Å². The van der Waals surface area contributed by atoms with Crippen LogP contribution in [0.3, 0.4) is 0 Å². The van der Waals surface area contributed by atoms with E-state index in [1.807, 2.05) is 6.07 Å². The molecule has 0 radical (unpaired) electrons. The van der Waals surface area contributed by atoms with E-state index in [0.717, 1.165) is 0 Å². The SMILES string of the molecule is CC1C(=O)NCCN1C(=O)CSCC#N. The van der Waals surface area contributed by atoms with Crippen molar-refractivity contribution in [3.05, 3.63) is 0 Å². The van der Waals surface area contributed by atoms with Gasteiger partial charge in [0.2, 0.25) is 11.8 Å². The van der Waals surface area contributed by atoms with E-state index in [9.17, 15) is 9.59 Å². The lowest BCUT2D eigenvalue weighted by atomic mass is 10.2. The molecule has 1 unspecified atom stereocenters. The van der Waals surface area contributed by atoms with Gasteiger partial charge in [0.1, 0.15) is 6.04 Å². The third-order valence-corrected chi connectivity index (χ3v) is 3.00. The van der Waals surface area contributed by atoms with Gasteiger partial charge < -0.3 is 10.2 Å². The molecule has 5 nitrogen and oxygen atoms in total. The minimum absolute atomic E-state index is 0.0717. The molecule has 15 heavy (non-hydrogen) atoms. The average Bonchev–Trinajstić information content (AvgIpc) is 2.22. The second-order valence-electron chi connectivity index (χ2n) is 3.21. The van der Waals surface area contributed by atoms with Crippen LogP contribution in [-0.4, -0.2) is 47.4 Å². The Morgan fingerprint density at radius 1 is 1.80 bits per heavy atom. The fourth-order valence-corrected chi connectivity index (χ4v) is 1.92. The molecule has 1 rings (SSSR count). The number of hydrogen-bond acceptors (Lipinski definition) is 4. The van der Waals surface area contributed by atoms with E-state index >= 15 is 0 Å². The molecule has 1 aliphatic heterocycles. The molecule has 1 heterocycles. The largest absolute Gasteiger partial charge is 0.353 e. The normalized spacial score (nSPS) is 20.7. The molecule has 0 aromatic carbocycles. The zero-order chi connectivity index (χ0) is 11.3. The molecular formula is C9H13N3O2S. The van der Waals surface area contributed by atoms with E-state index < -0.39 is 6.04 Å². The topological polar surface area (TPSA) is 73.2 Å². The molecule has 0 aliphatic carbocycles. The van der Waals surface area contributed by atoms with E-state index in [1.54, 1.807) is 11.8 Å². The van der Waals surface area contributed by atoms with Crippen LogP contribution in [0.25, 0.3) is 0 Å². The van der Waals surface area contributed by atoms with Gasteiger partial charge in [-0.25, -0.2) is 0 Å². The molecule has 0 saturated carbocycles. The van der Waals surface area contributed by atoms with Crippen molar-refractivity contribution in [3.63, 3.8) is 0 Å². The third-order valence-electron chi connectivity index (χ3n) is 2.21. The number of amides is 2. The number of thioether (sulfide) groups is 1. The predicted molar refractivity (Wildman–Crippen MR) is 57.1 cm³/mol. The Labute approximate surface area is 92.8 Å². The summed E-state index contributed by atoms with van der Waals surface area (Å²) in [4.78, 5) is 24.5. The molecular weight excluding hydrogens is 214 g/mol. The summed E-state index contributed by atoms with van der Waals surface area (Å²) in [6, 6.07) is 1.56. The highest BCUT2D eigenvalue weighted by molar-refractivity contribution is 8.00. The van der Waals surface area contributed by atoms with Crippen LogP contribution in [0.5, 0.6) is 0 Å². The highest BCUT2D eigenvalue weighted by atomic mass is 32.2. The van der Waals surface area contributed by atoms with Crippen LogP contribution in [0.2, 0.25) is 0 Å². The molecule has 6 heteroatoms. The van der Waals surface area contributed by atoms with Crippen LogP contribution in [0.15, 0.2) is 0 Å². The van der Waals surface area contributed by atoms with Gasteiger partial charge in [-0.2, -0.15) is 5.26 Å². The molecule has 1 N–H and O–H groups in total. The highest BCUT2D eigenvalue weighted by Crippen LogP contribution is 2.08. The first-order valence-corrected chi connectivity index (χ1v) is 5.84. The third kappa shape index (κ3) is 3.13. The van der Waals surface area contributed by atoms with E-state index in [4.69, 9.17) is 5.26 Å². The van der Waals surface area contributed by atoms with Gasteiger partial charge in [0.05, 0.1) is 17.6 Å². The quantitative estimate of drug-likeness (QED) is 0.665. The van der Waals surface area contributed by atoms with Crippen molar-refractivity contribution < 1.29 is 9.59 Å². The molecule has 1 aliphatic rings. The summed E-state index contributed by atoms with van der Waals surface area (Å²) in [5.41, 5.74) is 0. The summed E-state index contributed by atoms with van der Waals surface area (Å²) in [5.74, 6) is 0.392. The summed E-state index contributed by atoms with van der Waals surface area (Å²) in [6.07, 6.45) is 0. The van der Waals surface area contributed by atoms with Crippen molar-refractivity contribution in [2.45, 2.75) is 13.0 Å². The maximum Gasteiger partial charge on any atom is 0.242 e. The lowest BCUT2D eigenvalue weighted by Crippen LogP contribution is -2.56. The van der Waals surface area contributed by atoms with Crippen molar-refractivity contribution in [2.75, 3.05) is 24.6 Å². The highest BCUT2D eigenvalue weighted by Gasteiger charge is 2.28. The molecule has 82 valence electrons. The minimum atomic E-state index is -0.395. The minimum Gasteiger partial charge on any atom is -0.353 e. The Kier molecular flexibility index (Phi) is 4.43. The van der Waals surface area contributed by atoms with Gasteiger partial charge in [0.25, 0.3) is 0 Å². The van der Waals surface area contributed by atoms with Crippen LogP contribution in [0.4, 0.5) is 0 Å². The van der Waals surface area contributed by atoms with Crippen molar-refractivity contribution >= 4 is 23.6 Å². The maximum absolute atomic E-state index is 11.6. The van der Waals surface area contributed by atoms with Gasteiger partial charge in [-0.1, -0.05) is 0 Å². The summed E-state index contributed by atoms with van der Waals surface area (Å²) in [6.45, 7) is 2.78. The number of nitrogens with one attached hydrogen (secondary N) is 1. The van der Waals surface area contributed by atoms with Gasteiger partial charge in [-0.15, -0.1) is 11.8 Å². The van der Waals surface area contributed by atoms with Crippen molar-refractivity contribution in [1.29, 1.82) is 5.26 Å². The van der Waals surface area contributed by atoms with Crippen LogP contribution < -0.4 is 5.32 Å². The summed E-state index contributed by atoms with van der Waals surface area (Å²) < 4.78 is 0. The number of nitriles is 1. The first kappa shape index (κ1) is 11.9. The molecule has 0 bridgehead atoms. The standard InChI is InChI=1S/C9H13N3O2S/c1-7-9(14)11-3-4-12(7)8(13)6-15-5-2-10/h7H,3-6H2,1H3,(H,11,14). The Balaban J connectivity index is 2.44. The zero-order valence-electron chi connectivity index (χ0n) is 8.52. The molecule has 0 aromatic heterocycles. The molecule has 1 saturated heterocycles.